The van der Waals surface area contributed by atoms with Crippen molar-refractivity contribution in [2.24, 2.45) is 5.84 Å². The highest BCUT2D eigenvalue weighted by atomic mass is 35.5. The third-order valence-corrected chi connectivity index (χ3v) is 2.76. The summed E-state index contributed by atoms with van der Waals surface area (Å²) >= 11 is 5.83. The molecule has 96 valence electrons. The summed E-state index contributed by atoms with van der Waals surface area (Å²) in [5, 5.41) is 0.530. The van der Waals surface area contributed by atoms with E-state index < -0.39 is 0 Å². The van der Waals surface area contributed by atoms with Crippen LogP contribution in [-0.4, -0.2) is 19.3 Å². The molecule has 0 saturated carbocycles. The van der Waals surface area contributed by atoms with Crippen molar-refractivity contribution >= 4 is 11.6 Å². The number of nitrogens with one attached hydrogen (secondary N) is 1. The number of ether oxygens (including phenoxy) is 1. The van der Waals surface area contributed by atoms with Crippen LogP contribution >= 0.6 is 11.6 Å². The van der Waals surface area contributed by atoms with E-state index in [-0.39, 0.29) is 11.9 Å². The van der Waals surface area contributed by atoms with Crippen LogP contribution in [0.5, 0.6) is 0 Å². The van der Waals surface area contributed by atoms with Gasteiger partial charge < -0.3 is 4.74 Å². The van der Waals surface area contributed by atoms with Gasteiger partial charge in [0, 0.05) is 24.3 Å². The van der Waals surface area contributed by atoms with Crippen molar-refractivity contribution in [3.63, 3.8) is 0 Å². The minimum Gasteiger partial charge on any atom is -0.382 e. The third-order valence-electron chi connectivity index (χ3n) is 2.52. The molecule has 1 aromatic carbocycles. The molecule has 0 heterocycles. The van der Waals surface area contributed by atoms with Gasteiger partial charge in [0.15, 0.2) is 0 Å². The van der Waals surface area contributed by atoms with Crippen LogP contribution in [0.15, 0.2) is 18.2 Å². The van der Waals surface area contributed by atoms with E-state index in [1.54, 1.807) is 6.07 Å². The zero-order chi connectivity index (χ0) is 12.7. The third kappa shape index (κ3) is 5.00. The van der Waals surface area contributed by atoms with Crippen LogP contribution in [0.4, 0.5) is 4.39 Å². The van der Waals surface area contributed by atoms with Gasteiger partial charge in [0.1, 0.15) is 5.82 Å². The van der Waals surface area contributed by atoms with Gasteiger partial charge in [-0.3, -0.25) is 11.3 Å². The first-order chi connectivity index (χ1) is 8.17. The summed E-state index contributed by atoms with van der Waals surface area (Å²) in [5.41, 5.74) is 3.23. The van der Waals surface area contributed by atoms with Gasteiger partial charge >= 0.3 is 0 Å². The van der Waals surface area contributed by atoms with Crippen molar-refractivity contribution in [1.82, 2.24) is 5.43 Å². The monoisotopic (exact) mass is 260 g/mol. The average molecular weight is 261 g/mol. The molecule has 1 unspecified atom stereocenters. The van der Waals surface area contributed by atoms with E-state index in [4.69, 9.17) is 22.2 Å². The lowest BCUT2D eigenvalue weighted by Crippen LogP contribution is -2.37. The number of benzene rings is 1. The van der Waals surface area contributed by atoms with E-state index in [2.05, 4.69) is 5.43 Å². The van der Waals surface area contributed by atoms with Crippen LogP contribution in [0, 0.1) is 5.82 Å². The molecule has 0 bridgehead atoms. The van der Waals surface area contributed by atoms with Crippen molar-refractivity contribution < 1.29 is 9.13 Å². The summed E-state index contributed by atoms with van der Waals surface area (Å²) < 4.78 is 18.7. The second-order valence-electron chi connectivity index (χ2n) is 3.79. The molecule has 0 aliphatic carbocycles. The molecule has 0 saturated heterocycles. The molecule has 3 N–H and O–H groups in total. The van der Waals surface area contributed by atoms with Gasteiger partial charge in [-0.15, -0.1) is 0 Å². The van der Waals surface area contributed by atoms with Gasteiger partial charge in [-0.1, -0.05) is 11.6 Å². The summed E-state index contributed by atoms with van der Waals surface area (Å²) in [6.45, 7) is 3.21. The summed E-state index contributed by atoms with van der Waals surface area (Å²) in [6.07, 6.45) is 1.23. The molecule has 5 heteroatoms. The van der Waals surface area contributed by atoms with Gasteiger partial charge in [0.05, 0.1) is 0 Å². The molecule has 1 aromatic rings. The highest BCUT2D eigenvalue weighted by molar-refractivity contribution is 6.30. The van der Waals surface area contributed by atoms with E-state index in [0.29, 0.717) is 30.2 Å². The smallest absolute Gasteiger partial charge is 0.126 e. The number of rotatable bonds is 7. The maximum absolute atomic E-state index is 13.5. The van der Waals surface area contributed by atoms with Crippen LogP contribution < -0.4 is 11.3 Å². The largest absolute Gasteiger partial charge is 0.382 e. The molecule has 17 heavy (non-hydrogen) atoms. The Morgan fingerprint density at radius 2 is 2.29 bits per heavy atom. The lowest BCUT2D eigenvalue weighted by molar-refractivity contribution is 0.136. The molecule has 0 radical (unpaired) electrons. The zero-order valence-corrected chi connectivity index (χ0v) is 10.6. The highest BCUT2D eigenvalue weighted by Gasteiger charge is 2.11. The van der Waals surface area contributed by atoms with E-state index in [1.807, 2.05) is 6.92 Å². The second-order valence-corrected chi connectivity index (χ2v) is 4.23. The first-order valence-corrected chi connectivity index (χ1v) is 6.03. The number of hydrogen-bond acceptors (Lipinski definition) is 3. The standard InChI is InChI=1S/C12H18ClFN2O/c1-2-17-6-5-11(16-15)8-9-7-10(13)3-4-12(9)14/h3-4,7,11,16H,2,5-6,8,15H2,1H3. The van der Waals surface area contributed by atoms with Crippen LogP contribution in [0.2, 0.25) is 5.02 Å². The lowest BCUT2D eigenvalue weighted by Gasteiger charge is -2.16. The fourth-order valence-electron chi connectivity index (χ4n) is 1.58. The van der Waals surface area contributed by atoms with Gasteiger partial charge in [-0.05, 0) is 43.5 Å². The Kier molecular flexibility index (Phi) is 6.44. The van der Waals surface area contributed by atoms with Gasteiger partial charge in [0.2, 0.25) is 0 Å². The topological polar surface area (TPSA) is 47.3 Å². The van der Waals surface area contributed by atoms with Crippen molar-refractivity contribution in [2.45, 2.75) is 25.8 Å². The van der Waals surface area contributed by atoms with Gasteiger partial charge in [-0.25, -0.2) is 4.39 Å². The Balaban J connectivity index is 2.57. The molecule has 0 fully saturated rings. The van der Waals surface area contributed by atoms with Crippen LogP contribution in [0.1, 0.15) is 18.9 Å². The summed E-state index contributed by atoms with van der Waals surface area (Å²) in [5.74, 6) is 5.17. The first kappa shape index (κ1) is 14.4. The molecule has 0 aromatic heterocycles. The van der Waals surface area contributed by atoms with Crippen molar-refractivity contribution in [3.8, 4) is 0 Å². The van der Waals surface area contributed by atoms with Crippen molar-refractivity contribution in [1.29, 1.82) is 0 Å². The van der Waals surface area contributed by atoms with E-state index in [9.17, 15) is 4.39 Å². The quantitative estimate of drug-likeness (QED) is 0.449. The molecular formula is C12H18ClFN2O. The number of hydrogen-bond donors (Lipinski definition) is 2. The van der Waals surface area contributed by atoms with Gasteiger partial charge in [-0.2, -0.15) is 0 Å². The summed E-state index contributed by atoms with van der Waals surface area (Å²) in [6, 6.07) is 4.51. The average Bonchev–Trinajstić information content (AvgIpc) is 2.32. The molecule has 1 rings (SSSR count). The molecule has 3 nitrogen and oxygen atoms in total. The predicted octanol–water partition coefficient (Wildman–Crippen LogP) is 2.28. The van der Waals surface area contributed by atoms with E-state index >= 15 is 0 Å². The number of halogens is 2. The van der Waals surface area contributed by atoms with Crippen LogP contribution in [-0.2, 0) is 11.2 Å². The molecular weight excluding hydrogens is 243 g/mol. The normalized spacial score (nSPS) is 12.7. The van der Waals surface area contributed by atoms with Crippen molar-refractivity contribution in [3.05, 3.63) is 34.6 Å². The molecule has 0 spiro atoms. The zero-order valence-electron chi connectivity index (χ0n) is 9.88. The van der Waals surface area contributed by atoms with Crippen molar-refractivity contribution in [2.75, 3.05) is 13.2 Å². The number of nitrogens with two attached hydrogens (primary N) is 1. The Hall–Kier alpha value is -0.680. The SMILES string of the molecule is CCOCCC(Cc1cc(Cl)ccc1F)NN. The summed E-state index contributed by atoms with van der Waals surface area (Å²) in [7, 11) is 0. The fourth-order valence-corrected chi connectivity index (χ4v) is 1.77. The maximum Gasteiger partial charge on any atom is 0.126 e. The predicted molar refractivity (Wildman–Crippen MR) is 67.3 cm³/mol. The maximum atomic E-state index is 13.5. The minimum absolute atomic E-state index is 0.0190. The number of hydrazine groups is 1. The molecule has 0 aliphatic heterocycles. The molecule has 0 amide bonds. The molecule has 0 aliphatic rings. The van der Waals surface area contributed by atoms with E-state index in [1.165, 1.54) is 12.1 Å². The Morgan fingerprint density at radius 1 is 1.53 bits per heavy atom. The van der Waals surface area contributed by atoms with Gasteiger partial charge in [0.25, 0.3) is 0 Å². The Bertz CT molecular complexity index is 349. The second kappa shape index (κ2) is 7.61. The first-order valence-electron chi connectivity index (χ1n) is 5.65. The summed E-state index contributed by atoms with van der Waals surface area (Å²) in [4.78, 5) is 0. The lowest BCUT2D eigenvalue weighted by atomic mass is 10.0. The van der Waals surface area contributed by atoms with E-state index in [0.717, 1.165) is 6.42 Å². The van der Waals surface area contributed by atoms with Crippen LogP contribution in [0.25, 0.3) is 0 Å². The fraction of sp³-hybridized carbons (Fsp3) is 0.500. The minimum atomic E-state index is -0.258. The highest BCUT2D eigenvalue weighted by Crippen LogP contribution is 2.17. The Morgan fingerprint density at radius 3 is 2.94 bits per heavy atom. The molecule has 1 atom stereocenters. The van der Waals surface area contributed by atoms with Crippen LogP contribution in [0.3, 0.4) is 0 Å². The Labute approximate surface area is 106 Å².